The second-order valence-electron chi connectivity index (χ2n) is 10.5. The average molecular weight is 561 g/mol. The van der Waals surface area contributed by atoms with Gasteiger partial charge in [-0.1, -0.05) is 24.8 Å². The first-order chi connectivity index (χ1) is 19.9. The van der Waals surface area contributed by atoms with Crippen molar-refractivity contribution >= 4 is 17.8 Å². The number of aliphatic hydroxyl groups excluding tert-OH is 1. The quantitative estimate of drug-likeness (QED) is 0.238. The normalized spacial score (nSPS) is 14.1. The predicted molar refractivity (Wildman–Crippen MR) is 164 cm³/mol. The molecule has 3 aromatic rings. The number of hydrogen-bond donors (Lipinski definition) is 4. The van der Waals surface area contributed by atoms with Crippen LogP contribution in [0.25, 0.3) is 12.2 Å². The molecule has 3 heterocycles. The van der Waals surface area contributed by atoms with E-state index in [2.05, 4.69) is 53.0 Å². The Morgan fingerprint density at radius 1 is 1.07 bits per heavy atom. The molecule has 4 rings (SSSR count). The van der Waals surface area contributed by atoms with Crippen molar-refractivity contribution in [2.45, 2.75) is 46.2 Å². The fourth-order valence-corrected chi connectivity index (χ4v) is 5.26. The number of aromatic nitrogens is 3. The lowest BCUT2D eigenvalue weighted by Crippen LogP contribution is -2.37. The van der Waals surface area contributed by atoms with Gasteiger partial charge in [0.25, 0.3) is 0 Å². The smallest absolute Gasteiger partial charge is 0.203 e. The molecule has 41 heavy (non-hydrogen) atoms. The Labute approximate surface area is 242 Å². The lowest BCUT2D eigenvalue weighted by Gasteiger charge is -2.26. The highest BCUT2D eigenvalue weighted by Crippen LogP contribution is 2.21. The van der Waals surface area contributed by atoms with E-state index in [1.807, 2.05) is 28.2 Å². The molecule has 1 aliphatic heterocycles. The van der Waals surface area contributed by atoms with Crippen LogP contribution in [0.15, 0.2) is 43.0 Å². The van der Waals surface area contributed by atoms with Gasteiger partial charge in [0.1, 0.15) is 11.4 Å². The third-order valence-corrected chi connectivity index (χ3v) is 7.46. The number of aliphatic hydroxyl groups is 1. The van der Waals surface area contributed by atoms with Crippen molar-refractivity contribution in [1.29, 1.82) is 5.41 Å². The van der Waals surface area contributed by atoms with Crippen LogP contribution >= 0.6 is 0 Å². The molecule has 0 atom stereocenters. The molecule has 0 bridgehead atoms. The van der Waals surface area contributed by atoms with E-state index in [0.29, 0.717) is 24.4 Å². The molecule has 1 aromatic carbocycles. The van der Waals surface area contributed by atoms with E-state index in [0.717, 1.165) is 74.9 Å². The zero-order chi connectivity index (χ0) is 29.2. The molecule has 9 nitrogen and oxygen atoms in total. The van der Waals surface area contributed by atoms with E-state index >= 15 is 0 Å². The van der Waals surface area contributed by atoms with Crippen molar-refractivity contribution in [2.75, 3.05) is 51.3 Å². The second kappa shape index (κ2) is 14.8. The largest absolute Gasteiger partial charge is 0.506 e. The number of nitrogens with zero attached hydrogens (tertiary/aromatic N) is 4. The summed E-state index contributed by atoms with van der Waals surface area (Å²) in [6.07, 6.45) is 8.33. The van der Waals surface area contributed by atoms with Crippen LogP contribution in [0, 0.1) is 19.3 Å². The minimum atomic E-state index is 0.120. The van der Waals surface area contributed by atoms with Crippen molar-refractivity contribution in [1.82, 2.24) is 19.0 Å². The molecule has 0 unspecified atom stereocenters. The summed E-state index contributed by atoms with van der Waals surface area (Å²) >= 11 is 0. The number of hydrogen-bond acceptors (Lipinski definition) is 7. The number of morpholine rings is 1. The van der Waals surface area contributed by atoms with Crippen LogP contribution in [0.3, 0.4) is 0 Å². The number of nitrogens with one attached hydrogen (secondary N) is 2. The minimum Gasteiger partial charge on any atom is -0.506 e. The molecule has 1 saturated heterocycles. The van der Waals surface area contributed by atoms with Gasteiger partial charge in [-0.3, -0.25) is 15.3 Å². The van der Waals surface area contributed by atoms with Crippen LogP contribution < -0.4 is 10.9 Å². The first-order valence-electron chi connectivity index (χ1n) is 14.5. The summed E-state index contributed by atoms with van der Waals surface area (Å²) in [5.41, 5.74) is 6.85. The molecular formula is C32H44N6O3. The molecule has 2 aromatic heterocycles. The standard InChI is InChI=1S/C32H44N6O3/c1-4-29-30(9-5-14-34-27-22-24(2)10-12-26(27)8-6-19-39)38(23-28-31(40)13-11-25(3)35-28)32(33)37(29)16-7-15-36-17-20-41-21-18-36/h4-5,9-13,22,33-34,39-40H,1,6-8,14-21,23H2,2-3H3/b9-5+,33-32?. The number of rotatable bonds is 14. The molecular weight excluding hydrogens is 516 g/mol. The van der Waals surface area contributed by atoms with Crippen LogP contribution in [0.2, 0.25) is 0 Å². The number of imidazole rings is 1. The molecule has 1 fully saturated rings. The third-order valence-electron chi connectivity index (χ3n) is 7.46. The number of ether oxygens (including phenoxy) is 1. The Hall–Kier alpha value is -3.66. The summed E-state index contributed by atoms with van der Waals surface area (Å²) < 4.78 is 9.37. The van der Waals surface area contributed by atoms with Gasteiger partial charge < -0.3 is 29.4 Å². The van der Waals surface area contributed by atoms with E-state index < -0.39 is 0 Å². The second-order valence-corrected chi connectivity index (χ2v) is 10.5. The number of pyridine rings is 1. The van der Waals surface area contributed by atoms with Gasteiger partial charge in [0.15, 0.2) is 0 Å². The highest BCUT2D eigenvalue weighted by Gasteiger charge is 2.17. The number of aryl methyl sites for hydroxylation is 3. The van der Waals surface area contributed by atoms with E-state index in [4.69, 9.17) is 10.1 Å². The van der Waals surface area contributed by atoms with Gasteiger partial charge in [0, 0.05) is 50.7 Å². The summed E-state index contributed by atoms with van der Waals surface area (Å²) in [7, 11) is 0. The molecule has 220 valence electrons. The number of aromatic hydroxyl groups is 1. The van der Waals surface area contributed by atoms with E-state index in [9.17, 15) is 10.2 Å². The van der Waals surface area contributed by atoms with Gasteiger partial charge >= 0.3 is 0 Å². The zero-order valence-electron chi connectivity index (χ0n) is 24.4. The lowest BCUT2D eigenvalue weighted by molar-refractivity contribution is 0.0369. The zero-order valence-corrected chi connectivity index (χ0v) is 24.4. The SMILES string of the molecule is C=Cc1c(/C=C/CNc2cc(C)ccc2CCCO)n(Cc2nc(C)ccc2O)c(=N)n1CCCN1CCOCC1. The summed E-state index contributed by atoms with van der Waals surface area (Å²) in [6.45, 7) is 14.2. The van der Waals surface area contributed by atoms with E-state index in [-0.39, 0.29) is 18.9 Å². The van der Waals surface area contributed by atoms with Crippen molar-refractivity contribution in [3.8, 4) is 5.75 Å². The number of anilines is 1. The Morgan fingerprint density at radius 2 is 1.88 bits per heavy atom. The van der Waals surface area contributed by atoms with E-state index in [1.165, 1.54) is 11.1 Å². The molecule has 0 spiro atoms. The Morgan fingerprint density at radius 3 is 2.63 bits per heavy atom. The van der Waals surface area contributed by atoms with Crippen molar-refractivity contribution in [3.63, 3.8) is 0 Å². The average Bonchev–Trinajstić information content (AvgIpc) is 3.22. The monoisotopic (exact) mass is 560 g/mol. The summed E-state index contributed by atoms with van der Waals surface area (Å²) in [5, 5.41) is 32.4. The Balaban J connectivity index is 1.59. The molecule has 0 radical (unpaired) electrons. The molecule has 9 heteroatoms. The summed E-state index contributed by atoms with van der Waals surface area (Å²) in [5.74, 6) is 0.120. The third kappa shape index (κ3) is 7.97. The van der Waals surface area contributed by atoms with Crippen LogP contribution in [0.4, 0.5) is 5.69 Å². The van der Waals surface area contributed by atoms with Crippen molar-refractivity contribution in [2.24, 2.45) is 0 Å². The maximum Gasteiger partial charge on any atom is 0.203 e. The molecule has 1 aliphatic rings. The predicted octanol–water partition coefficient (Wildman–Crippen LogP) is 3.95. The minimum absolute atomic E-state index is 0.120. The van der Waals surface area contributed by atoms with Crippen LogP contribution in [0.5, 0.6) is 5.75 Å². The lowest BCUT2D eigenvalue weighted by atomic mass is 10.1. The maximum atomic E-state index is 10.5. The first kappa shape index (κ1) is 30.3. The van der Waals surface area contributed by atoms with Gasteiger partial charge in [-0.2, -0.15) is 0 Å². The Kier molecular flexibility index (Phi) is 11.0. The fraction of sp³-hybridized carbons (Fsp3) is 0.438. The molecule has 0 aliphatic carbocycles. The highest BCUT2D eigenvalue weighted by molar-refractivity contribution is 5.61. The first-order valence-corrected chi connectivity index (χ1v) is 14.5. The van der Waals surface area contributed by atoms with Crippen molar-refractivity contribution in [3.05, 3.63) is 82.5 Å². The maximum absolute atomic E-state index is 10.5. The molecule has 0 saturated carbocycles. The van der Waals surface area contributed by atoms with Gasteiger partial charge in [-0.05, 0) is 74.6 Å². The van der Waals surface area contributed by atoms with Gasteiger partial charge in [0.05, 0.1) is 31.1 Å². The van der Waals surface area contributed by atoms with Crippen LogP contribution in [0.1, 0.15) is 46.7 Å². The van der Waals surface area contributed by atoms with Crippen LogP contribution in [-0.2, 0) is 24.2 Å². The van der Waals surface area contributed by atoms with Crippen molar-refractivity contribution < 1.29 is 14.9 Å². The molecule has 4 N–H and O–H groups in total. The topological polar surface area (TPSA) is 112 Å². The highest BCUT2D eigenvalue weighted by atomic mass is 16.5. The van der Waals surface area contributed by atoms with E-state index in [1.54, 1.807) is 12.1 Å². The van der Waals surface area contributed by atoms with Gasteiger partial charge in [-0.15, -0.1) is 0 Å². The van der Waals surface area contributed by atoms with Gasteiger partial charge in [0.2, 0.25) is 5.62 Å². The fourth-order valence-electron chi connectivity index (χ4n) is 5.26. The van der Waals surface area contributed by atoms with Crippen LogP contribution in [-0.4, -0.2) is 75.2 Å². The number of benzene rings is 1. The molecule has 0 amide bonds. The van der Waals surface area contributed by atoms with Gasteiger partial charge in [-0.25, -0.2) is 0 Å². The summed E-state index contributed by atoms with van der Waals surface area (Å²) in [6, 6.07) is 9.79. The summed E-state index contributed by atoms with van der Waals surface area (Å²) in [4.78, 5) is 6.96. The Bertz CT molecular complexity index is 1400.